The van der Waals surface area contributed by atoms with Crippen molar-refractivity contribution >= 4 is 35.8 Å². The van der Waals surface area contributed by atoms with Crippen molar-refractivity contribution in [2.45, 2.75) is 38.9 Å². The summed E-state index contributed by atoms with van der Waals surface area (Å²) in [5, 5.41) is 6.50. The first kappa shape index (κ1) is 26.1. The molecule has 1 atom stereocenters. The molecule has 1 aliphatic rings. The van der Waals surface area contributed by atoms with E-state index in [0.717, 1.165) is 32.5 Å². The van der Waals surface area contributed by atoms with Crippen molar-refractivity contribution in [2.24, 2.45) is 4.99 Å². The molecule has 6 nitrogen and oxygen atoms in total. The normalized spacial score (nSPS) is 14.4. The van der Waals surface area contributed by atoms with Gasteiger partial charge in [0.15, 0.2) is 5.96 Å². The number of halogens is 1. The van der Waals surface area contributed by atoms with Crippen LogP contribution in [0.5, 0.6) is 0 Å². The molecule has 0 bridgehead atoms. The summed E-state index contributed by atoms with van der Waals surface area (Å²) in [6.07, 6.45) is 1.91. The maximum Gasteiger partial charge on any atom is 0.242 e. The fraction of sp³-hybridized carbons (Fsp3) is 0.440. The minimum absolute atomic E-state index is 0. The molecule has 2 N–H and O–H groups in total. The minimum Gasteiger partial charge on any atom is -0.356 e. The van der Waals surface area contributed by atoms with Gasteiger partial charge in [-0.3, -0.25) is 14.7 Å². The number of nitrogens with zero attached hydrogens (tertiary/aromatic N) is 3. The Morgan fingerprint density at radius 3 is 2.50 bits per heavy atom. The molecule has 32 heavy (non-hydrogen) atoms. The predicted octanol–water partition coefficient (Wildman–Crippen LogP) is 3.26. The molecule has 0 radical (unpaired) electrons. The Balaban J connectivity index is 0.00000363. The summed E-state index contributed by atoms with van der Waals surface area (Å²) in [5.74, 6) is 0.775. The average molecular weight is 550 g/mol. The van der Waals surface area contributed by atoms with E-state index in [9.17, 15) is 4.79 Å². The molecule has 1 unspecified atom stereocenters. The number of fused-ring (bicyclic) bond motifs is 1. The smallest absolute Gasteiger partial charge is 0.242 e. The molecule has 0 aromatic heterocycles. The lowest BCUT2D eigenvalue weighted by Crippen LogP contribution is -2.46. The summed E-state index contributed by atoms with van der Waals surface area (Å²) in [6.45, 7) is 5.68. The fourth-order valence-corrected chi connectivity index (χ4v) is 3.85. The van der Waals surface area contributed by atoms with Gasteiger partial charge >= 0.3 is 0 Å². The zero-order chi connectivity index (χ0) is 22.1. The van der Waals surface area contributed by atoms with Gasteiger partial charge in [0, 0.05) is 39.3 Å². The Hall–Kier alpha value is -2.13. The molecule has 1 aliphatic heterocycles. The van der Waals surface area contributed by atoms with Crippen molar-refractivity contribution in [1.82, 2.24) is 20.4 Å². The maximum atomic E-state index is 12.6. The summed E-state index contributed by atoms with van der Waals surface area (Å²) >= 11 is 0. The number of amides is 1. The van der Waals surface area contributed by atoms with Gasteiger partial charge < -0.3 is 15.5 Å². The van der Waals surface area contributed by atoms with Crippen molar-refractivity contribution < 1.29 is 4.79 Å². The van der Waals surface area contributed by atoms with E-state index < -0.39 is 0 Å². The van der Waals surface area contributed by atoms with Crippen molar-refractivity contribution in [3.8, 4) is 0 Å². The predicted molar refractivity (Wildman–Crippen MR) is 142 cm³/mol. The molecule has 0 spiro atoms. The molecule has 2 aromatic rings. The van der Waals surface area contributed by atoms with Gasteiger partial charge in [-0.05, 0) is 43.5 Å². The molecule has 0 saturated heterocycles. The van der Waals surface area contributed by atoms with Crippen LogP contribution in [-0.4, -0.2) is 61.4 Å². The molecule has 7 heteroatoms. The zero-order valence-corrected chi connectivity index (χ0v) is 21.7. The number of hydrogen-bond acceptors (Lipinski definition) is 3. The van der Waals surface area contributed by atoms with Gasteiger partial charge in [-0.25, -0.2) is 0 Å². The van der Waals surface area contributed by atoms with Gasteiger partial charge in [0.2, 0.25) is 5.91 Å². The number of benzene rings is 2. The molecular weight excluding hydrogens is 513 g/mol. The molecule has 0 saturated carbocycles. The highest BCUT2D eigenvalue weighted by atomic mass is 127. The SMILES string of the molecule is CN=C(NCCC(C)N(C)Cc1ccccc1)NCC(=O)N1CCc2ccccc2C1.I. The van der Waals surface area contributed by atoms with Gasteiger partial charge in [0.25, 0.3) is 0 Å². The lowest BCUT2D eigenvalue weighted by molar-refractivity contribution is -0.130. The number of rotatable bonds is 8. The van der Waals surface area contributed by atoms with Crippen molar-refractivity contribution in [1.29, 1.82) is 0 Å². The monoisotopic (exact) mass is 549 g/mol. The number of carbonyl (C=O) groups is 1. The van der Waals surface area contributed by atoms with Crippen LogP contribution in [0.2, 0.25) is 0 Å². The highest BCUT2D eigenvalue weighted by molar-refractivity contribution is 14.0. The molecule has 174 valence electrons. The van der Waals surface area contributed by atoms with Crippen molar-refractivity contribution in [3.05, 3.63) is 71.3 Å². The highest BCUT2D eigenvalue weighted by Gasteiger charge is 2.20. The van der Waals surface area contributed by atoms with E-state index in [0.29, 0.717) is 18.5 Å². The standard InChI is InChI=1S/C25H35N5O.HI/c1-20(29(3)18-21-9-5-4-6-10-21)13-15-27-25(26-2)28-17-24(31)30-16-14-22-11-7-8-12-23(22)19-30;/h4-12,20H,13-19H2,1-3H3,(H2,26,27,28);1H. The molecule has 3 rings (SSSR count). The number of aliphatic imine (C=N–C) groups is 1. The van der Waals surface area contributed by atoms with Crippen LogP contribution in [0.3, 0.4) is 0 Å². The molecule has 1 heterocycles. The van der Waals surface area contributed by atoms with Gasteiger partial charge in [-0.1, -0.05) is 54.6 Å². The Kier molecular flexibility index (Phi) is 11.0. The third-order valence-electron chi connectivity index (χ3n) is 6.00. The number of carbonyl (C=O) groups excluding carboxylic acids is 1. The second kappa shape index (κ2) is 13.4. The van der Waals surface area contributed by atoms with E-state index in [-0.39, 0.29) is 36.4 Å². The van der Waals surface area contributed by atoms with E-state index >= 15 is 0 Å². The second-order valence-corrected chi connectivity index (χ2v) is 8.22. The number of guanidine groups is 1. The first-order valence-electron chi connectivity index (χ1n) is 11.1. The average Bonchev–Trinajstić information content (AvgIpc) is 2.81. The van der Waals surface area contributed by atoms with Crippen LogP contribution in [0.25, 0.3) is 0 Å². The molecule has 0 aliphatic carbocycles. The Morgan fingerprint density at radius 1 is 1.09 bits per heavy atom. The first-order valence-corrected chi connectivity index (χ1v) is 11.1. The van der Waals surface area contributed by atoms with Crippen molar-refractivity contribution in [3.63, 3.8) is 0 Å². The van der Waals surface area contributed by atoms with E-state index in [1.165, 1.54) is 16.7 Å². The topological polar surface area (TPSA) is 60.0 Å². The fourth-order valence-electron chi connectivity index (χ4n) is 3.85. The number of hydrogen-bond donors (Lipinski definition) is 2. The van der Waals surface area contributed by atoms with Crippen molar-refractivity contribution in [2.75, 3.05) is 33.7 Å². The number of nitrogens with one attached hydrogen (secondary N) is 2. The minimum atomic E-state index is 0. The second-order valence-electron chi connectivity index (χ2n) is 8.22. The summed E-state index contributed by atoms with van der Waals surface area (Å²) in [5.41, 5.74) is 3.92. The van der Waals surface area contributed by atoms with Crippen LogP contribution < -0.4 is 10.6 Å². The summed E-state index contributed by atoms with van der Waals surface area (Å²) in [6, 6.07) is 19.3. The van der Waals surface area contributed by atoms with Crippen LogP contribution in [-0.2, 0) is 24.3 Å². The van der Waals surface area contributed by atoms with E-state index in [4.69, 9.17) is 0 Å². The quantitative estimate of drug-likeness (QED) is 0.302. The van der Waals surface area contributed by atoms with Gasteiger partial charge in [-0.15, -0.1) is 24.0 Å². The largest absolute Gasteiger partial charge is 0.356 e. The van der Waals surface area contributed by atoms with Crippen LogP contribution in [0.4, 0.5) is 0 Å². The maximum absolute atomic E-state index is 12.6. The Bertz CT molecular complexity index is 874. The van der Waals surface area contributed by atoms with Crippen LogP contribution in [0, 0.1) is 0 Å². The summed E-state index contributed by atoms with van der Waals surface area (Å²) in [7, 11) is 3.89. The van der Waals surface area contributed by atoms with Crippen LogP contribution >= 0.6 is 24.0 Å². The molecule has 2 aromatic carbocycles. The zero-order valence-electron chi connectivity index (χ0n) is 19.4. The Morgan fingerprint density at radius 2 is 1.78 bits per heavy atom. The molecule has 1 amide bonds. The Labute approximate surface area is 209 Å². The van der Waals surface area contributed by atoms with E-state index in [2.05, 4.69) is 77.0 Å². The van der Waals surface area contributed by atoms with Crippen LogP contribution in [0.1, 0.15) is 30.0 Å². The van der Waals surface area contributed by atoms with Gasteiger partial charge in [0.05, 0.1) is 6.54 Å². The third kappa shape index (κ3) is 7.78. The summed E-state index contributed by atoms with van der Waals surface area (Å²) in [4.78, 5) is 21.2. The van der Waals surface area contributed by atoms with Gasteiger partial charge in [-0.2, -0.15) is 0 Å². The van der Waals surface area contributed by atoms with Gasteiger partial charge in [0.1, 0.15) is 0 Å². The van der Waals surface area contributed by atoms with Crippen LogP contribution in [0.15, 0.2) is 59.6 Å². The molecule has 0 fully saturated rings. The first-order chi connectivity index (χ1) is 15.1. The lowest BCUT2D eigenvalue weighted by atomic mass is 10.00. The molecular formula is C25H36IN5O. The third-order valence-corrected chi connectivity index (χ3v) is 6.00. The summed E-state index contributed by atoms with van der Waals surface area (Å²) < 4.78 is 0. The highest BCUT2D eigenvalue weighted by Crippen LogP contribution is 2.18. The lowest BCUT2D eigenvalue weighted by Gasteiger charge is -2.29. The van der Waals surface area contributed by atoms with E-state index in [1.807, 2.05) is 17.0 Å². The van der Waals surface area contributed by atoms with E-state index in [1.54, 1.807) is 7.05 Å².